The molecule has 1 N–H and O–H groups in total. The van der Waals surface area contributed by atoms with Gasteiger partial charge in [0.15, 0.2) is 5.82 Å². The Balaban J connectivity index is 1.52. The maximum Gasteiger partial charge on any atom is 0.251 e. The van der Waals surface area contributed by atoms with Crippen molar-refractivity contribution in [1.82, 2.24) is 25.1 Å². The van der Waals surface area contributed by atoms with E-state index in [1.54, 1.807) is 18.3 Å². The third kappa shape index (κ3) is 2.87. The lowest BCUT2D eigenvalue weighted by molar-refractivity contribution is 0.0948. The number of hydrogen-bond acceptors (Lipinski definition) is 5. The van der Waals surface area contributed by atoms with Crippen molar-refractivity contribution in [3.8, 4) is 5.82 Å². The number of nitrogens with zero attached hydrogens (tertiary/aromatic N) is 4. The van der Waals surface area contributed by atoms with E-state index in [9.17, 15) is 4.79 Å². The molecule has 3 aromatic heterocycles. The van der Waals surface area contributed by atoms with E-state index in [2.05, 4.69) is 20.4 Å². The summed E-state index contributed by atoms with van der Waals surface area (Å²) < 4.78 is 7.32. The van der Waals surface area contributed by atoms with Gasteiger partial charge in [-0.15, -0.1) is 0 Å². The fraction of sp³-hybridized carbons (Fsp3) is 0.111. The van der Waals surface area contributed by atoms with Gasteiger partial charge in [0.25, 0.3) is 5.91 Å². The molecule has 25 heavy (non-hydrogen) atoms. The highest BCUT2D eigenvalue weighted by atomic mass is 16.3. The largest absolute Gasteiger partial charge is 0.459 e. The number of benzene rings is 1. The summed E-state index contributed by atoms with van der Waals surface area (Å²) in [4.78, 5) is 20.5. The van der Waals surface area contributed by atoms with Crippen molar-refractivity contribution in [2.24, 2.45) is 0 Å². The molecule has 0 saturated heterocycles. The molecule has 0 atom stereocenters. The van der Waals surface area contributed by atoms with Gasteiger partial charge in [0.2, 0.25) is 0 Å². The Hall–Kier alpha value is -3.48. The van der Waals surface area contributed by atoms with Crippen LogP contribution in [-0.2, 0) is 6.54 Å². The van der Waals surface area contributed by atoms with E-state index in [1.807, 2.05) is 31.2 Å². The minimum atomic E-state index is -0.205. The third-order valence-electron chi connectivity index (χ3n) is 4.01. The van der Waals surface area contributed by atoms with E-state index in [-0.39, 0.29) is 5.91 Å². The Morgan fingerprint density at radius 3 is 2.96 bits per heavy atom. The van der Waals surface area contributed by atoms with Gasteiger partial charge in [-0.25, -0.2) is 14.6 Å². The Morgan fingerprint density at radius 2 is 2.16 bits per heavy atom. The van der Waals surface area contributed by atoms with Crippen LogP contribution in [0.5, 0.6) is 0 Å². The first-order chi connectivity index (χ1) is 12.2. The van der Waals surface area contributed by atoms with Crippen molar-refractivity contribution in [2.75, 3.05) is 0 Å². The molecule has 0 aliphatic heterocycles. The molecule has 0 aliphatic rings. The number of carbonyl (C=O) groups is 1. The topological polar surface area (TPSA) is 85.8 Å². The Morgan fingerprint density at radius 1 is 1.28 bits per heavy atom. The van der Waals surface area contributed by atoms with Crippen molar-refractivity contribution in [3.05, 3.63) is 72.1 Å². The molecule has 0 bridgehead atoms. The highest BCUT2D eigenvalue weighted by Crippen LogP contribution is 2.24. The number of pyridine rings is 1. The van der Waals surface area contributed by atoms with E-state index in [4.69, 9.17) is 4.42 Å². The zero-order chi connectivity index (χ0) is 17.2. The van der Waals surface area contributed by atoms with Crippen LogP contribution in [0.4, 0.5) is 0 Å². The molecule has 7 nitrogen and oxygen atoms in total. The summed E-state index contributed by atoms with van der Waals surface area (Å²) in [6.07, 6.45) is 4.51. The fourth-order valence-electron chi connectivity index (χ4n) is 2.67. The van der Waals surface area contributed by atoms with Gasteiger partial charge < -0.3 is 9.73 Å². The number of carbonyl (C=O) groups excluding carboxylic acids is 1. The molecule has 4 aromatic rings. The van der Waals surface area contributed by atoms with E-state index in [0.717, 1.165) is 22.3 Å². The molecule has 0 fully saturated rings. The molecule has 0 spiro atoms. The van der Waals surface area contributed by atoms with Crippen LogP contribution < -0.4 is 5.32 Å². The van der Waals surface area contributed by atoms with Crippen LogP contribution in [0.3, 0.4) is 0 Å². The number of aryl methyl sites for hydroxylation is 1. The molecule has 0 unspecified atom stereocenters. The second-order valence-corrected chi connectivity index (χ2v) is 5.57. The summed E-state index contributed by atoms with van der Waals surface area (Å²) in [7, 11) is 0. The van der Waals surface area contributed by atoms with Gasteiger partial charge in [0.05, 0.1) is 6.54 Å². The molecule has 4 rings (SSSR count). The molecule has 7 heteroatoms. The minimum Gasteiger partial charge on any atom is -0.459 e. The number of rotatable bonds is 4. The van der Waals surface area contributed by atoms with E-state index >= 15 is 0 Å². The summed E-state index contributed by atoms with van der Waals surface area (Å²) in [5, 5.41) is 7.96. The van der Waals surface area contributed by atoms with Crippen molar-refractivity contribution >= 4 is 16.9 Å². The Bertz CT molecular complexity index is 1040. The number of hydrogen-bond donors (Lipinski definition) is 1. The summed E-state index contributed by atoms with van der Waals surface area (Å²) >= 11 is 0. The van der Waals surface area contributed by atoms with Crippen LogP contribution in [0.25, 0.3) is 16.8 Å². The third-order valence-corrected chi connectivity index (χ3v) is 4.01. The normalized spacial score (nSPS) is 10.9. The van der Waals surface area contributed by atoms with Crippen LogP contribution in [0.2, 0.25) is 0 Å². The van der Waals surface area contributed by atoms with Crippen molar-refractivity contribution in [2.45, 2.75) is 13.5 Å². The lowest BCUT2D eigenvalue weighted by Crippen LogP contribution is -2.23. The fourth-order valence-corrected chi connectivity index (χ4v) is 2.67. The molecule has 0 saturated carbocycles. The van der Waals surface area contributed by atoms with Gasteiger partial charge in [0, 0.05) is 22.7 Å². The van der Waals surface area contributed by atoms with Crippen LogP contribution in [0.15, 0.2) is 59.7 Å². The first kappa shape index (κ1) is 15.1. The average molecular weight is 333 g/mol. The number of para-hydroxylation sites is 1. The quantitative estimate of drug-likeness (QED) is 0.620. The molecule has 1 aromatic carbocycles. The monoisotopic (exact) mass is 333 g/mol. The summed E-state index contributed by atoms with van der Waals surface area (Å²) in [6.45, 7) is 2.31. The molecule has 124 valence electrons. The number of furan rings is 1. The molecular formula is C18H15N5O2. The van der Waals surface area contributed by atoms with Crippen LogP contribution in [0, 0.1) is 6.92 Å². The standard InChI is InChI=1S/C18H15N5O2/c1-12-14-4-2-3-5-15(14)25-16(12)9-21-18(24)13-6-7-20-17(8-13)23-11-19-10-22-23/h2-8,10-11H,9H2,1H3,(H,21,24). The second-order valence-electron chi connectivity index (χ2n) is 5.57. The SMILES string of the molecule is Cc1c(CNC(=O)c2ccnc(-n3cncn3)c2)oc2ccccc12. The molecule has 1 amide bonds. The summed E-state index contributed by atoms with van der Waals surface area (Å²) in [6, 6.07) is 11.1. The zero-order valence-electron chi connectivity index (χ0n) is 13.5. The van der Waals surface area contributed by atoms with Gasteiger partial charge in [-0.1, -0.05) is 18.2 Å². The van der Waals surface area contributed by atoms with E-state index < -0.39 is 0 Å². The lowest BCUT2D eigenvalue weighted by Gasteiger charge is -2.06. The summed E-state index contributed by atoms with van der Waals surface area (Å²) in [5.74, 6) is 1.08. The van der Waals surface area contributed by atoms with Crippen molar-refractivity contribution < 1.29 is 9.21 Å². The van der Waals surface area contributed by atoms with Crippen LogP contribution in [-0.4, -0.2) is 25.7 Å². The highest BCUT2D eigenvalue weighted by Gasteiger charge is 2.13. The zero-order valence-corrected chi connectivity index (χ0v) is 13.5. The maximum atomic E-state index is 12.4. The number of amides is 1. The molecule has 0 aliphatic carbocycles. The Labute approximate surface area is 143 Å². The van der Waals surface area contributed by atoms with Crippen molar-refractivity contribution in [3.63, 3.8) is 0 Å². The molecule has 0 radical (unpaired) electrons. The average Bonchev–Trinajstić information content (AvgIpc) is 3.29. The van der Waals surface area contributed by atoms with Crippen molar-refractivity contribution in [1.29, 1.82) is 0 Å². The van der Waals surface area contributed by atoms with Crippen LogP contribution in [0.1, 0.15) is 21.7 Å². The van der Waals surface area contributed by atoms with Gasteiger partial charge in [0.1, 0.15) is 24.0 Å². The van der Waals surface area contributed by atoms with Gasteiger partial charge in [-0.2, -0.15) is 5.10 Å². The molecule has 3 heterocycles. The van der Waals surface area contributed by atoms with Gasteiger partial charge in [-0.05, 0) is 25.1 Å². The lowest BCUT2D eigenvalue weighted by atomic mass is 10.1. The van der Waals surface area contributed by atoms with Gasteiger partial charge >= 0.3 is 0 Å². The number of fused-ring (bicyclic) bond motifs is 1. The van der Waals surface area contributed by atoms with Gasteiger partial charge in [-0.3, -0.25) is 4.79 Å². The number of nitrogens with one attached hydrogen (secondary N) is 1. The summed E-state index contributed by atoms with van der Waals surface area (Å²) in [5.41, 5.74) is 2.35. The maximum absolute atomic E-state index is 12.4. The smallest absolute Gasteiger partial charge is 0.251 e. The minimum absolute atomic E-state index is 0.205. The highest BCUT2D eigenvalue weighted by molar-refractivity contribution is 5.94. The predicted molar refractivity (Wildman–Crippen MR) is 91.3 cm³/mol. The van der Waals surface area contributed by atoms with Crippen LogP contribution >= 0.6 is 0 Å². The van der Waals surface area contributed by atoms with E-state index in [0.29, 0.717) is 17.9 Å². The first-order valence-corrected chi connectivity index (χ1v) is 7.78. The Kier molecular flexibility index (Phi) is 3.74. The predicted octanol–water partition coefficient (Wildman–Crippen LogP) is 2.65. The van der Waals surface area contributed by atoms with E-state index in [1.165, 1.54) is 17.3 Å². The second kappa shape index (κ2) is 6.20. The number of aromatic nitrogens is 4. The first-order valence-electron chi connectivity index (χ1n) is 7.78. The molecular weight excluding hydrogens is 318 g/mol.